The van der Waals surface area contributed by atoms with Gasteiger partial charge in [-0.25, -0.2) is 12.8 Å². The number of nitrogens with zero attached hydrogens (tertiary/aromatic N) is 2. The molecule has 47 heavy (non-hydrogen) atoms. The molecular weight excluding hydrogens is 621 g/mol. The summed E-state index contributed by atoms with van der Waals surface area (Å²) >= 11 is 0. The van der Waals surface area contributed by atoms with Crippen molar-refractivity contribution in [1.29, 1.82) is 0 Å². The fourth-order valence-electron chi connectivity index (χ4n) is 5.14. The van der Waals surface area contributed by atoms with E-state index in [4.69, 9.17) is 9.47 Å². The van der Waals surface area contributed by atoms with Crippen LogP contribution in [0.1, 0.15) is 22.3 Å². The lowest BCUT2D eigenvalue weighted by molar-refractivity contribution is -0.141. The highest BCUT2D eigenvalue weighted by Crippen LogP contribution is 2.27. The molecule has 2 amide bonds. The number of sulfonamides is 1. The topological polar surface area (TPSA) is 105 Å². The zero-order valence-corrected chi connectivity index (χ0v) is 27.6. The number of carbonyl (C=O) groups excluding carboxylic acids is 2. The van der Waals surface area contributed by atoms with Crippen LogP contribution < -0.4 is 14.8 Å². The van der Waals surface area contributed by atoms with Crippen molar-refractivity contribution in [2.45, 2.75) is 32.0 Å². The van der Waals surface area contributed by atoms with E-state index in [9.17, 15) is 22.4 Å². The lowest BCUT2D eigenvalue weighted by Gasteiger charge is -2.33. The van der Waals surface area contributed by atoms with Crippen molar-refractivity contribution in [3.63, 3.8) is 0 Å². The number of carbonyl (C=O) groups is 2. The zero-order valence-electron chi connectivity index (χ0n) is 26.8. The van der Waals surface area contributed by atoms with Crippen LogP contribution in [0.2, 0.25) is 0 Å². The first-order chi connectivity index (χ1) is 22.6. The minimum absolute atomic E-state index is 0.0172. The molecule has 248 valence electrons. The van der Waals surface area contributed by atoms with Crippen LogP contribution in [0.5, 0.6) is 11.5 Å². The molecule has 0 saturated carbocycles. The lowest BCUT2D eigenvalue weighted by Crippen LogP contribution is -2.53. The van der Waals surface area contributed by atoms with Crippen LogP contribution in [0.25, 0.3) is 0 Å². The number of rotatable bonds is 16. The highest BCUT2D eigenvalue weighted by Gasteiger charge is 2.33. The summed E-state index contributed by atoms with van der Waals surface area (Å²) in [7, 11) is -0.708. The standard InChI is InChI=1S/C36H40FN3O6S/c1-45-33-19-16-28(23-34(33)46-2)20-21-38-36(42)32(22-27-10-6-4-7-11-27)40(25-30-14-17-31(37)18-15-30)35(41)26-39(47(3,43)44)24-29-12-8-5-9-13-29/h4-19,23,32H,20-22,24-26H2,1-3H3,(H,38,42)/t32-/m0/s1. The van der Waals surface area contributed by atoms with Gasteiger partial charge in [-0.2, -0.15) is 4.31 Å². The third-order valence-corrected chi connectivity index (χ3v) is 8.88. The normalized spacial score (nSPS) is 11.9. The van der Waals surface area contributed by atoms with E-state index in [2.05, 4.69) is 5.32 Å². The molecule has 0 aromatic heterocycles. The smallest absolute Gasteiger partial charge is 0.243 e. The van der Waals surface area contributed by atoms with Gasteiger partial charge in [0.15, 0.2) is 11.5 Å². The van der Waals surface area contributed by atoms with Gasteiger partial charge in [-0.3, -0.25) is 9.59 Å². The molecule has 1 atom stereocenters. The Hall–Kier alpha value is -4.74. The van der Waals surface area contributed by atoms with E-state index in [-0.39, 0.29) is 26.1 Å². The molecule has 0 unspecified atom stereocenters. The molecule has 11 heteroatoms. The Morgan fingerprint density at radius 3 is 1.94 bits per heavy atom. The molecule has 0 aliphatic rings. The first kappa shape index (κ1) is 35.1. The summed E-state index contributed by atoms with van der Waals surface area (Å²) in [4.78, 5) is 29.5. The molecule has 0 aliphatic carbocycles. The molecule has 0 fully saturated rings. The Morgan fingerprint density at radius 1 is 0.766 bits per heavy atom. The van der Waals surface area contributed by atoms with Crippen LogP contribution in [0.3, 0.4) is 0 Å². The molecule has 4 aromatic rings. The third kappa shape index (κ3) is 10.4. The van der Waals surface area contributed by atoms with Crippen molar-refractivity contribution in [3.8, 4) is 11.5 Å². The summed E-state index contributed by atoms with van der Waals surface area (Å²) in [6, 6.07) is 28.4. The van der Waals surface area contributed by atoms with E-state index >= 15 is 0 Å². The number of amides is 2. The van der Waals surface area contributed by atoms with Gasteiger partial charge in [0.1, 0.15) is 11.9 Å². The molecule has 0 radical (unpaired) electrons. The second kappa shape index (κ2) is 16.7. The van der Waals surface area contributed by atoms with E-state index < -0.39 is 40.2 Å². The maximum absolute atomic E-state index is 14.2. The molecule has 4 rings (SSSR count). The lowest BCUT2D eigenvalue weighted by atomic mass is 10.0. The van der Waals surface area contributed by atoms with Crippen LogP contribution in [0.15, 0.2) is 103 Å². The van der Waals surface area contributed by atoms with Gasteiger partial charge in [0.05, 0.1) is 27.0 Å². The van der Waals surface area contributed by atoms with Crippen molar-refractivity contribution in [3.05, 3.63) is 131 Å². The van der Waals surface area contributed by atoms with Crippen LogP contribution >= 0.6 is 0 Å². The van der Waals surface area contributed by atoms with Crippen molar-refractivity contribution in [2.24, 2.45) is 0 Å². The summed E-state index contributed by atoms with van der Waals surface area (Å²) < 4.78 is 51.3. The van der Waals surface area contributed by atoms with Gasteiger partial charge < -0.3 is 19.7 Å². The first-order valence-corrected chi connectivity index (χ1v) is 17.0. The zero-order chi connectivity index (χ0) is 33.8. The van der Waals surface area contributed by atoms with Crippen LogP contribution in [-0.2, 0) is 45.5 Å². The number of halogens is 1. The maximum Gasteiger partial charge on any atom is 0.243 e. The van der Waals surface area contributed by atoms with Crippen LogP contribution in [-0.4, -0.2) is 69.0 Å². The van der Waals surface area contributed by atoms with Gasteiger partial charge in [-0.1, -0.05) is 78.9 Å². The number of methoxy groups -OCH3 is 2. The van der Waals surface area contributed by atoms with Gasteiger partial charge in [0.25, 0.3) is 0 Å². The van der Waals surface area contributed by atoms with Crippen molar-refractivity contribution >= 4 is 21.8 Å². The van der Waals surface area contributed by atoms with Gasteiger partial charge in [-0.15, -0.1) is 0 Å². The van der Waals surface area contributed by atoms with E-state index in [0.717, 1.165) is 21.7 Å². The highest BCUT2D eigenvalue weighted by molar-refractivity contribution is 7.88. The number of hydrogen-bond donors (Lipinski definition) is 1. The van der Waals surface area contributed by atoms with Gasteiger partial charge in [0.2, 0.25) is 21.8 Å². The van der Waals surface area contributed by atoms with Gasteiger partial charge in [-0.05, 0) is 52.9 Å². The highest BCUT2D eigenvalue weighted by atomic mass is 32.2. The molecule has 1 N–H and O–H groups in total. The molecule has 0 saturated heterocycles. The van der Waals surface area contributed by atoms with E-state index in [1.54, 1.807) is 56.7 Å². The molecule has 0 bridgehead atoms. The quantitative estimate of drug-likeness (QED) is 0.188. The maximum atomic E-state index is 14.2. The van der Waals surface area contributed by atoms with Crippen LogP contribution in [0.4, 0.5) is 4.39 Å². The molecule has 0 heterocycles. The predicted molar refractivity (Wildman–Crippen MR) is 179 cm³/mol. The number of benzene rings is 4. The Morgan fingerprint density at radius 2 is 1.34 bits per heavy atom. The SMILES string of the molecule is COc1ccc(CCNC(=O)[C@H](Cc2ccccc2)N(Cc2ccc(F)cc2)C(=O)CN(Cc2ccccc2)S(C)(=O)=O)cc1OC. The van der Waals surface area contributed by atoms with Crippen molar-refractivity contribution < 1.29 is 31.9 Å². The summed E-state index contributed by atoms with van der Waals surface area (Å²) in [5, 5.41) is 2.97. The third-order valence-electron chi connectivity index (χ3n) is 7.68. The molecule has 0 spiro atoms. The average Bonchev–Trinajstić information content (AvgIpc) is 3.07. The van der Waals surface area contributed by atoms with E-state index in [1.165, 1.54) is 17.0 Å². The second-order valence-corrected chi connectivity index (χ2v) is 13.1. The first-order valence-electron chi connectivity index (χ1n) is 15.1. The van der Waals surface area contributed by atoms with Crippen molar-refractivity contribution in [1.82, 2.24) is 14.5 Å². The predicted octanol–water partition coefficient (Wildman–Crippen LogP) is 4.60. The molecular formula is C36H40FN3O6S. The van der Waals surface area contributed by atoms with E-state index in [0.29, 0.717) is 29.0 Å². The number of hydrogen-bond acceptors (Lipinski definition) is 6. The Kier molecular flexibility index (Phi) is 12.5. The molecule has 9 nitrogen and oxygen atoms in total. The summed E-state index contributed by atoms with van der Waals surface area (Å²) in [6.45, 7) is -0.278. The minimum atomic E-state index is -3.81. The Bertz CT molecular complexity index is 1720. The number of ether oxygens (including phenoxy) is 2. The van der Waals surface area contributed by atoms with Gasteiger partial charge in [0, 0.05) is 26.1 Å². The second-order valence-electron chi connectivity index (χ2n) is 11.1. The number of nitrogens with one attached hydrogen (secondary N) is 1. The van der Waals surface area contributed by atoms with E-state index in [1.807, 2.05) is 48.5 Å². The Labute approximate surface area is 276 Å². The fourth-order valence-corrected chi connectivity index (χ4v) is 5.87. The summed E-state index contributed by atoms with van der Waals surface area (Å²) in [5.74, 6) is -0.245. The van der Waals surface area contributed by atoms with Gasteiger partial charge >= 0.3 is 0 Å². The fraction of sp³-hybridized carbons (Fsp3) is 0.278. The Balaban J connectivity index is 1.63. The molecule has 0 aliphatic heterocycles. The monoisotopic (exact) mass is 661 g/mol. The largest absolute Gasteiger partial charge is 0.493 e. The summed E-state index contributed by atoms with van der Waals surface area (Å²) in [5.41, 5.74) is 3.02. The summed E-state index contributed by atoms with van der Waals surface area (Å²) in [6.07, 6.45) is 1.71. The van der Waals surface area contributed by atoms with Crippen molar-refractivity contribution in [2.75, 3.05) is 33.6 Å². The minimum Gasteiger partial charge on any atom is -0.493 e. The average molecular weight is 662 g/mol. The van der Waals surface area contributed by atoms with Crippen LogP contribution in [0, 0.1) is 5.82 Å². The molecule has 4 aromatic carbocycles.